The van der Waals surface area contributed by atoms with Crippen LogP contribution in [-0.4, -0.2) is 12.9 Å². The molecule has 0 bridgehead atoms. The van der Waals surface area contributed by atoms with Crippen LogP contribution in [0.4, 0.5) is 5.69 Å². The van der Waals surface area contributed by atoms with E-state index in [-0.39, 0.29) is 0 Å². The van der Waals surface area contributed by atoms with Crippen molar-refractivity contribution in [3.8, 4) is 5.75 Å². The minimum absolute atomic E-state index is 0.501. The minimum Gasteiger partial charge on any atom is -0.495 e. The molecule has 0 aliphatic carbocycles. The van der Waals surface area contributed by atoms with Gasteiger partial charge in [0.25, 0.3) is 0 Å². The molecule has 0 aromatic heterocycles. The van der Waals surface area contributed by atoms with Crippen molar-refractivity contribution in [3.05, 3.63) is 23.2 Å². The van der Waals surface area contributed by atoms with Crippen molar-refractivity contribution in [1.82, 2.24) is 0 Å². The summed E-state index contributed by atoms with van der Waals surface area (Å²) < 4.78 is 4.99. The monoisotopic (exact) mass is 198 g/mol. The molecule has 0 radical (unpaired) electrons. The fourth-order valence-electron chi connectivity index (χ4n) is 0.928. The Labute approximate surface area is 82.2 Å². The Morgan fingerprint density at radius 2 is 2.23 bits per heavy atom. The summed E-state index contributed by atoms with van der Waals surface area (Å²) in [5, 5.41) is 0.532. The van der Waals surface area contributed by atoms with Crippen molar-refractivity contribution in [2.24, 2.45) is 10.7 Å². The first-order valence-electron chi connectivity index (χ1n) is 3.78. The highest BCUT2D eigenvalue weighted by Crippen LogP contribution is 2.28. The lowest BCUT2D eigenvalue weighted by Gasteiger charge is -2.02. The summed E-state index contributed by atoms with van der Waals surface area (Å²) in [5.41, 5.74) is 6.15. The fourth-order valence-corrected chi connectivity index (χ4v) is 1.18. The molecule has 0 atom stereocenters. The molecule has 1 rings (SSSR count). The summed E-state index contributed by atoms with van der Waals surface area (Å²) in [5.74, 6) is 1.14. The van der Waals surface area contributed by atoms with Gasteiger partial charge < -0.3 is 10.5 Å². The maximum absolute atomic E-state index is 5.88. The van der Waals surface area contributed by atoms with Gasteiger partial charge in [-0.25, -0.2) is 4.99 Å². The average Bonchev–Trinajstić information content (AvgIpc) is 2.03. The number of hydrogen-bond acceptors (Lipinski definition) is 2. The molecule has 13 heavy (non-hydrogen) atoms. The van der Waals surface area contributed by atoms with E-state index in [4.69, 9.17) is 22.1 Å². The van der Waals surface area contributed by atoms with Gasteiger partial charge in [-0.15, -0.1) is 0 Å². The zero-order chi connectivity index (χ0) is 9.84. The summed E-state index contributed by atoms with van der Waals surface area (Å²) >= 11 is 5.88. The van der Waals surface area contributed by atoms with Gasteiger partial charge in [0, 0.05) is 0 Å². The molecule has 0 aliphatic heterocycles. The van der Waals surface area contributed by atoms with E-state index in [1.54, 1.807) is 32.2 Å². The van der Waals surface area contributed by atoms with Gasteiger partial charge in [-0.2, -0.15) is 0 Å². The van der Waals surface area contributed by atoms with Gasteiger partial charge in [-0.3, -0.25) is 0 Å². The quantitative estimate of drug-likeness (QED) is 0.586. The van der Waals surface area contributed by atoms with Crippen LogP contribution in [0.5, 0.6) is 5.75 Å². The first-order valence-corrected chi connectivity index (χ1v) is 4.15. The SMILES string of the molecule is COc1ccc(N=C(C)N)cc1Cl. The molecule has 2 N–H and O–H groups in total. The van der Waals surface area contributed by atoms with E-state index in [1.807, 2.05) is 0 Å². The number of hydrogen-bond donors (Lipinski definition) is 1. The van der Waals surface area contributed by atoms with E-state index >= 15 is 0 Å². The molecule has 0 aliphatic rings. The van der Waals surface area contributed by atoms with E-state index in [0.717, 1.165) is 5.69 Å². The lowest BCUT2D eigenvalue weighted by molar-refractivity contribution is 0.415. The van der Waals surface area contributed by atoms with Crippen LogP contribution in [0.15, 0.2) is 23.2 Å². The van der Waals surface area contributed by atoms with Crippen molar-refractivity contribution in [3.63, 3.8) is 0 Å². The largest absolute Gasteiger partial charge is 0.495 e. The van der Waals surface area contributed by atoms with Crippen molar-refractivity contribution < 1.29 is 4.74 Å². The number of ether oxygens (including phenoxy) is 1. The predicted molar refractivity (Wildman–Crippen MR) is 55.0 cm³/mol. The van der Waals surface area contributed by atoms with Gasteiger partial charge in [0.15, 0.2) is 0 Å². The van der Waals surface area contributed by atoms with E-state index < -0.39 is 0 Å². The Bertz CT molecular complexity index is 332. The number of methoxy groups -OCH3 is 1. The predicted octanol–water partition coefficient (Wildman–Crippen LogP) is 2.36. The number of rotatable bonds is 2. The van der Waals surface area contributed by atoms with Crippen LogP contribution < -0.4 is 10.5 Å². The number of benzene rings is 1. The normalized spacial score (nSPS) is 11.5. The van der Waals surface area contributed by atoms with E-state index in [9.17, 15) is 0 Å². The van der Waals surface area contributed by atoms with Crippen LogP contribution in [0.2, 0.25) is 5.02 Å². The fraction of sp³-hybridized carbons (Fsp3) is 0.222. The molecular formula is C9H11ClN2O. The topological polar surface area (TPSA) is 47.6 Å². The Kier molecular flexibility index (Phi) is 3.14. The van der Waals surface area contributed by atoms with E-state index in [1.165, 1.54) is 0 Å². The molecule has 0 saturated carbocycles. The van der Waals surface area contributed by atoms with Crippen molar-refractivity contribution >= 4 is 23.1 Å². The van der Waals surface area contributed by atoms with Gasteiger partial charge in [-0.1, -0.05) is 11.6 Å². The Morgan fingerprint density at radius 1 is 1.54 bits per heavy atom. The van der Waals surface area contributed by atoms with Crippen LogP contribution in [-0.2, 0) is 0 Å². The summed E-state index contributed by atoms with van der Waals surface area (Å²) in [6, 6.07) is 5.25. The second-order valence-corrected chi connectivity index (χ2v) is 2.98. The van der Waals surface area contributed by atoms with Crippen LogP contribution in [0.3, 0.4) is 0 Å². The third-order valence-electron chi connectivity index (χ3n) is 1.44. The molecule has 0 fully saturated rings. The number of halogens is 1. The standard InChI is InChI=1S/C9H11ClN2O/c1-6(11)12-7-3-4-9(13-2)8(10)5-7/h3-5H,1-2H3,(H2,11,12). The van der Waals surface area contributed by atoms with Gasteiger partial charge >= 0.3 is 0 Å². The molecule has 3 nitrogen and oxygen atoms in total. The molecule has 0 amide bonds. The van der Waals surface area contributed by atoms with E-state index in [0.29, 0.717) is 16.6 Å². The molecule has 0 saturated heterocycles. The third kappa shape index (κ3) is 2.63. The summed E-state index contributed by atoms with van der Waals surface area (Å²) in [4.78, 5) is 4.05. The highest BCUT2D eigenvalue weighted by atomic mass is 35.5. The number of amidine groups is 1. The number of nitrogens with two attached hydrogens (primary N) is 1. The van der Waals surface area contributed by atoms with Crippen molar-refractivity contribution in [1.29, 1.82) is 0 Å². The Balaban J connectivity index is 3.03. The first-order chi connectivity index (χ1) is 6.13. The maximum Gasteiger partial charge on any atom is 0.137 e. The van der Waals surface area contributed by atoms with Gasteiger partial charge in [0.05, 0.1) is 23.7 Å². The molecular weight excluding hydrogens is 188 g/mol. The molecule has 0 spiro atoms. The molecule has 1 aromatic carbocycles. The zero-order valence-corrected chi connectivity index (χ0v) is 8.30. The lowest BCUT2D eigenvalue weighted by Crippen LogP contribution is -2.03. The summed E-state index contributed by atoms with van der Waals surface area (Å²) in [6.07, 6.45) is 0. The molecule has 1 aromatic rings. The van der Waals surface area contributed by atoms with Gasteiger partial charge in [0.1, 0.15) is 5.75 Å². The molecule has 4 heteroatoms. The molecule has 0 unspecified atom stereocenters. The molecule has 70 valence electrons. The van der Waals surface area contributed by atoms with Crippen molar-refractivity contribution in [2.45, 2.75) is 6.92 Å². The van der Waals surface area contributed by atoms with Crippen LogP contribution >= 0.6 is 11.6 Å². The van der Waals surface area contributed by atoms with Crippen LogP contribution in [0.1, 0.15) is 6.92 Å². The smallest absolute Gasteiger partial charge is 0.137 e. The summed E-state index contributed by atoms with van der Waals surface area (Å²) in [7, 11) is 1.57. The van der Waals surface area contributed by atoms with E-state index in [2.05, 4.69) is 4.99 Å². The maximum atomic E-state index is 5.88. The number of nitrogens with zero attached hydrogens (tertiary/aromatic N) is 1. The van der Waals surface area contributed by atoms with Crippen molar-refractivity contribution in [2.75, 3.05) is 7.11 Å². The second kappa shape index (κ2) is 4.14. The minimum atomic E-state index is 0.501. The lowest BCUT2D eigenvalue weighted by atomic mass is 10.3. The first kappa shape index (κ1) is 9.86. The third-order valence-corrected chi connectivity index (χ3v) is 1.74. The van der Waals surface area contributed by atoms with Crippen LogP contribution in [0, 0.1) is 0 Å². The van der Waals surface area contributed by atoms with Gasteiger partial charge in [0.2, 0.25) is 0 Å². The van der Waals surface area contributed by atoms with Gasteiger partial charge in [-0.05, 0) is 25.1 Å². The Hall–Kier alpha value is -1.22. The highest BCUT2D eigenvalue weighted by molar-refractivity contribution is 6.32. The number of aliphatic imine (C=N–C) groups is 1. The summed E-state index contributed by atoms with van der Waals surface area (Å²) in [6.45, 7) is 1.72. The highest BCUT2D eigenvalue weighted by Gasteiger charge is 2.00. The average molecular weight is 199 g/mol. The second-order valence-electron chi connectivity index (χ2n) is 2.57. The van der Waals surface area contributed by atoms with Crippen LogP contribution in [0.25, 0.3) is 0 Å². The molecule has 0 heterocycles. The zero-order valence-electron chi connectivity index (χ0n) is 7.54. The Morgan fingerprint density at radius 3 is 2.69 bits per heavy atom.